The summed E-state index contributed by atoms with van der Waals surface area (Å²) >= 11 is 0. The first-order valence-corrected chi connectivity index (χ1v) is 8.57. The third-order valence-electron chi connectivity index (χ3n) is 4.50. The second-order valence-electron chi connectivity index (χ2n) is 6.44. The van der Waals surface area contributed by atoms with E-state index in [1.54, 1.807) is 26.7 Å². The van der Waals surface area contributed by atoms with Crippen molar-refractivity contribution in [1.29, 1.82) is 0 Å². The van der Waals surface area contributed by atoms with Gasteiger partial charge in [-0.3, -0.25) is 14.3 Å². The van der Waals surface area contributed by atoms with E-state index in [1.165, 1.54) is 6.07 Å². The van der Waals surface area contributed by atoms with Crippen molar-refractivity contribution in [3.05, 3.63) is 70.4 Å². The van der Waals surface area contributed by atoms with Crippen LogP contribution < -0.4 is 10.3 Å². The fourth-order valence-electron chi connectivity index (χ4n) is 3.19. The molecule has 0 bridgehead atoms. The molecule has 0 spiro atoms. The van der Waals surface area contributed by atoms with E-state index in [0.717, 1.165) is 29.9 Å². The highest BCUT2D eigenvalue weighted by Gasteiger charge is 2.21. The van der Waals surface area contributed by atoms with Crippen LogP contribution in [0.3, 0.4) is 0 Å². The summed E-state index contributed by atoms with van der Waals surface area (Å²) in [6, 6.07) is 9.28. The van der Waals surface area contributed by atoms with E-state index in [1.807, 2.05) is 37.5 Å². The minimum Gasteiger partial charge on any atom is -0.312 e. The molecule has 1 amide bonds. The molecule has 1 aromatic carbocycles. The molecule has 2 aromatic heterocycles. The highest BCUT2D eigenvalue weighted by atomic mass is 16.2. The van der Waals surface area contributed by atoms with Gasteiger partial charge in [-0.15, -0.1) is 0 Å². The minimum absolute atomic E-state index is 0.104. The number of carbonyl (C=O) groups excluding carboxylic acids is 1. The lowest BCUT2D eigenvalue weighted by Gasteiger charge is -2.16. The number of anilines is 1. The zero-order chi connectivity index (χ0) is 18.1. The van der Waals surface area contributed by atoms with Crippen LogP contribution in [-0.2, 0) is 18.3 Å². The lowest BCUT2D eigenvalue weighted by atomic mass is 10.1. The van der Waals surface area contributed by atoms with E-state index in [0.29, 0.717) is 18.5 Å². The summed E-state index contributed by atoms with van der Waals surface area (Å²) in [4.78, 5) is 26.0. The zero-order valence-corrected chi connectivity index (χ0v) is 14.5. The predicted molar refractivity (Wildman–Crippen MR) is 97.4 cm³/mol. The van der Waals surface area contributed by atoms with Crippen molar-refractivity contribution in [3.8, 4) is 5.69 Å². The monoisotopic (exact) mass is 349 g/mol. The fraction of sp³-hybridized carbons (Fsp3) is 0.263. The van der Waals surface area contributed by atoms with Crippen LogP contribution in [-0.4, -0.2) is 32.0 Å². The molecule has 0 aliphatic carbocycles. The third kappa shape index (κ3) is 3.15. The van der Waals surface area contributed by atoms with Gasteiger partial charge in [0.15, 0.2) is 0 Å². The Labute approximate surface area is 150 Å². The largest absolute Gasteiger partial charge is 0.312 e. The molecule has 0 N–H and O–H groups in total. The molecule has 3 aromatic rings. The van der Waals surface area contributed by atoms with Gasteiger partial charge in [0.1, 0.15) is 11.4 Å². The number of aryl methyl sites for hydroxylation is 1. The second kappa shape index (κ2) is 6.59. The van der Waals surface area contributed by atoms with E-state index < -0.39 is 0 Å². The van der Waals surface area contributed by atoms with E-state index in [4.69, 9.17) is 0 Å². The lowest BCUT2D eigenvalue weighted by molar-refractivity contribution is -0.117. The summed E-state index contributed by atoms with van der Waals surface area (Å²) in [6.07, 6.45) is 7.07. The topological polar surface area (TPSA) is 73.0 Å². The normalized spacial score (nSPS) is 14.2. The molecule has 0 unspecified atom stereocenters. The van der Waals surface area contributed by atoms with Crippen LogP contribution in [0.15, 0.2) is 53.7 Å². The zero-order valence-electron chi connectivity index (χ0n) is 14.5. The van der Waals surface area contributed by atoms with Crippen molar-refractivity contribution in [2.45, 2.75) is 19.3 Å². The molecular weight excluding hydrogens is 330 g/mol. The molecule has 0 atom stereocenters. The number of hydrogen-bond donors (Lipinski definition) is 0. The Bertz CT molecular complexity index is 1020. The molecule has 1 fully saturated rings. The van der Waals surface area contributed by atoms with Gasteiger partial charge in [0.2, 0.25) is 11.3 Å². The van der Waals surface area contributed by atoms with E-state index in [9.17, 15) is 9.59 Å². The van der Waals surface area contributed by atoms with Crippen molar-refractivity contribution >= 4 is 11.6 Å². The van der Waals surface area contributed by atoms with Gasteiger partial charge in [0, 0.05) is 44.4 Å². The quantitative estimate of drug-likeness (QED) is 0.718. The number of carbonyl (C=O) groups is 1. The lowest BCUT2D eigenvalue weighted by Crippen LogP contribution is -2.23. The second-order valence-corrected chi connectivity index (χ2v) is 6.44. The Morgan fingerprint density at radius 3 is 2.77 bits per heavy atom. The average Bonchev–Trinajstić information content (AvgIpc) is 3.25. The number of benzene rings is 1. The van der Waals surface area contributed by atoms with Crippen molar-refractivity contribution < 1.29 is 4.79 Å². The smallest absolute Gasteiger partial charge is 0.227 e. The Morgan fingerprint density at radius 2 is 2.04 bits per heavy atom. The van der Waals surface area contributed by atoms with Crippen LogP contribution in [0.1, 0.15) is 24.1 Å². The standard InChI is InChI=1S/C19H19N5O2/c1-22-13-16(12-20-22)24-9-7-18(25)17(21-24)11-14-4-2-5-15(10-14)23-8-3-6-19(23)26/h2,4-5,7,9-10,12-13H,3,6,8,11H2,1H3. The molecule has 0 radical (unpaired) electrons. The molecule has 3 heterocycles. The fourth-order valence-corrected chi connectivity index (χ4v) is 3.19. The summed E-state index contributed by atoms with van der Waals surface area (Å²) in [5.41, 5.74) is 2.99. The van der Waals surface area contributed by atoms with E-state index in [-0.39, 0.29) is 11.3 Å². The van der Waals surface area contributed by atoms with Gasteiger partial charge in [-0.05, 0) is 24.1 Å². The van der Waals surface area contributed by atoms with Crippen LogP contribution in [0.5, 0.6) is 0 Å². The average molecular weight is 349 g/mol. The number of rotatable bonds is 4. The minimum atomic E-state index is -0.104. The van der Waals surface area contributed by atoms with Crippen molar-refractivity contribution in [3.63, 3.8) is 0 Å². The summed E-state index contributed by atoms with van der Waals surface area (Å²) in [7, 11) is 1.83. The molecule has 4 rings (SSSR count). The number of amides is 1. The molecule has 26 heavy (non-hydrogen) atoms. The maximum Gasteiger partial charge on any atom is 0.227 e. The predicted octanol–water partition coefficient (Wildman–Crippen LogP) is 1.68. The summed E-state index contributed by atoms with van der Waals surface area (Å²) in [6.45, 7) is 0.750. The van der Waals surface area contributed by atoms with Gasteiger partial charge < -0.3 is 4.90 Å². The van der Waals surface area contributed by atoms with Crippen molar-refractivity contribution in [2.75, 3.05) is 11.4 Å². The highest BCUT2D eigenvalue weighted by Crippen LogP contribution is 2.22. The van der Waals surface area contributed by atoms with Gasteiger partial charge in [-0.25, -0.2) is 4.68 Å². The summed E-state index contributed by atoms with van der Waals surface area (Å²) in [5.74, 6) is 0.152. The van der Waals surface area contributed by atoms with Gasteiger partial charge in [0.05, 0.1) is 12.4 Å². The first kappa shape index (κ1) is 16.3. The van der Waals surface area contributed by atoms with Gasteiger partial charge >= 0.3 is 0 Å². The number of aromatic nitrogens is 4. The van der Waals surface area contributed by atoms with Gasteiger partial charge in [0.25, 0.3) is 0 Å². The first-order valence-electron chi connectivity index (χ1n) is 8.57. The number of nitrogens with zero attached hydrogens (tertiary/aromatic N) is 5. The SMILES string of the molecule is Cn1cc(-n2ccc(=O)c(Cc3cccc(N4CCCC4=O)c3)n2)cn1. The van der Waals surface area contributed by atoms with E-state index >= 15 is 0 Å². The van der Waals surface area contributed by atoms with Crippen molar-refractivity contribution in [2.24, 2.45) is 7.05 Å². The van der Waals surface area contributed by atoms with Crippen LogP contribution in [0, 0.1) is 0 Å². The summed E-state index contributed by atoms with van der Waals surface area (Å²) in [5, 5.41) is 8.60. The molecule has 1 aliphatic rings. The summed E-state index contributed by atoms with van der Waals surface area (Å²) < 4.78 is 3.34. The molecule has 0 saturated carbocycles. The molecule has 7 heteroatoms. The Kier molecular flexibility index (Phi) is 4.12. The molecule has 1 saturated heterocycles. The first-order chi connectivity index (χ1) is 12.6. The molecule has 1 aliphatic heterocycles. The van der Waals surface area contributed by atoms with Gasteiger partial charge in [-0.1, -0.05) is 12.1 Å². The molecule has 7 nitrogen and oxygen atoms in total. The van der Waals surface area contributed by atoms with E-state index in [2.05, 4.69) is 10.2 Å². The van der Waals surface area contributed by atoms with Gasteiger partial charge in [-0.2, -0.15) is 10.2 Å². The Balaban J connectivity index is 1.63. The molecule has 132 valence electrons. The van der Waals surface area contributed by atoms with Crippen LogP contribution in [0.2, 0.25) is 0 Å². The van der Waals surface area contributed by atoms with Crippen LogP contribution >= 0.6 is 0 Å². The maximum atomic E-state index is 12.2. The number of hydrogen-bond acceptors (Lipinski definition) is 4. The van der Waals surface area contributed by atoms with Crippen LogP contribution in [0.25, 0.3) is 5.69 Å². The highest BCUT2D eigenvalue weighted by molar-refractivity contribution is 5.95. The Hall–Kier alpha value is -3.22. The van der Waals surface area contributed by atoms with Crippen molar-refractivity contribution in [1.82, 2.24) is 19.6 Å². The molecular formula is C19H19N5O2. The van der Waals surface area contributed by atoms with Crippen LogP contribution in [0.4, 0.5) is 5.69 Å². The maximum absolute atomic E-state index is 12.2. The Morgan fingerprint density at radius 1 is 1.15 bits per heavy atom. The third-order valence-corrected chi connectivity index (χ3v) is 4.50.